The van der Waals surface area contributed by atoms with Crippen molar-refractivity contribution in [3.63, 3.8) is 0 Å². The number of amides is 1. The lowest BCUT2D eigenvalue weighted by atomic mass is 10.0. The molecule has 23 heavy (non-hydrogen) atoms. The van der Waals surface area contributed by atoms with Gasteiger partial charge in [-0.3, -0.25) is 4.79 Å². The summed E-state index contributed by atoms with van der Waals surface area (Å²) in [6, 6.07) is 12.4. The Kier molecular flexibility index (Phi) is 5.71. The molecular weight excluding hydrogens is 297 g/mol. The highest BCUT2D eigenvalue weighted by Crippen LogP contribution is 2.17. The van der Waals surface area contributed by atoms with Gasteiger partial charge in [0, 0.05) is 0 Å². The zero-order valence-corrected chi connectivity index (χ0v) is 13.1. The standard InChI is InChI=1S/C18H20FNO3/c1-12-3-9-16(10-4-12)23-11-17(21)20-13(2)18(22)14-5-7-15(19)8-6-14/h3-10,13,18,22H,11H2,1-2H3,(H,20,21). The number of aliphatic hydroxyl groups excluding tert-OH is 1. The number of halogens is 1. The minimum absolute atomic E-state index is 0.135. The molecule has 0 aliphatic rings. The molecule has 0 heterocycles. The van der Waals surface area contributed by atoms with Crippen molar-refractivity contribution >= 4 is 5.91 Å². The number of carbonyl (C=O) groups excluding carboxylic acids is 1. The first-order valence-corrected chi connectivity index (χ1v) is 7.38. The van der Waals surface area contributed by atoms with E-state index in [1.165, 1.54) is 24.3 Å². The summed E-state index contributed by atoms with van der Waals surface area (Å²) in [5.41, 5.74) is 1.65. The average molecular weight is 317 g/mol. The highest BCUT2D eigenvalue weighted by Gasteiger charge is 2.18. The summed E-state index contributed by atoms with van der Waals surface area (Å²) in [5, 5.41) is 12.8. The predicted octanol–water partition coefficient (Wildman–Crippen LogP) is 2.75. The minimum Gasteiger partial charge on any atom is -0.484 e. The monoisotopic (exact) mass is 317 g/mol. The third-order valence-corrected chi connectivity index (χ3v) is 3.46. The summed E-state index contributed by atoms with van der Waals surface area (Å²) < 4.78 is 18.3. The molecule has 0 aromatic heterocycles. The van der Waals surface area contributed by atoms with Gasteiger partial charge in [0.25, 0.3) is 5.91 Å². The maximum absolute atomic E-state index is 12.9. The van der Waals surface area contributed by atoms with Crippen molar-refractivity contribution in [3.05, 3.63) is 65.5 Å². The van der Waals surface area contributed by atoms with E-state index in [1.54, 1.807) is 19.1 Å². The molecule has 0 aliphatic carbocycles. The van der Waals surface area contributed by atoms with Gasteiger partial charge < -0.3 is 15.2 Å². The minimum atomic E-state index is -0.918. The van der Waals surface area contributed by atoms with Crippen molar-refractivity contribution in [1.29, 1.82) is 0 Å². The van der Waals surface area contributed by atoms with Crippen molar-refractivity contribution in [2.24, 2.45) is 0 Å². The second-order valence-corrected chi connectivity index (χ2v) is 5.45. The van der Waals surface area contributed by atoms with Gasteiger partial charge in [0.2, 0.25) is 0 Å². The second kappa shape index (κ2) is 7.74. The number of carbonyl (C=O) groups is 1. The fourth-order valence-corrected chi connectivity index (χ4v) is 2.11. The zero-order valence-electron chi connectivity index (χ0n) is 13.1. The number of hydrogen-bond donors (Lipinski definition) is 2. The normalized spacial score (nSPS) is 13.2. The van der Waals surface area contributed by atoms with Crippen molar-refractivity contribution in [3.8, 4) is 5.75 Å². The fraction of sp³-hybridized carbons (Fsp3) is 0.278. The van der Waals surface area contributed by atoms with Gasteiger partial charge in [-0.1, -0.05) is 29.8 Å². The van der Waals surface area contributed by atoms with Gasteiger partial charge in [-0.05, 0) is 43.7 Å². The second-order valence-electron chi connectivity index (χ2n) is 5.45. The van der Waals surface area contributed by atoms with Crippen molar-refractivity contribution < 1.29 is 19.0 Å². The van der Waals surface area contributed by atoms with Crippen LogP contribution in [-0.4, -0.2) is 23.7 Å². The van der Waals surface area contributed by atoms with E-state index in [-0.39, 0.29) is 18.3 Å². The number of aryl methyl sites for hydroxylation is 1. The van der Waals surface area contributed by atoms with Crippen molar-refractivity contribution in [2.45, 2.75) is 26.0 Å². The highest BCUT2D eigenvalue weighted by molar-refractivity contribution is 5.77. The third-order valence-electron chi connectivity index (χ3n) is 3.46. The van der Waals surface area contributed by atoms with E-state index in [0.717, 1.165) is 5.56 Å². The summed E-state index contributed by atoms with van der Waals surface area (Å²) >= 11 is 0. The van der Waals surface area contributed by atoms with Crippen LogP contribution in [0.25, 0.3) is 0 Å². The van der Waals surface area contributed by atoms with Gasteiger partial charge in [0.1, 0.15) is 11.6 Å². The van der Waals surface area contributed by atoms with Crippen LogP contribution in [0.2, 0.25) is 0 Å². The lowest BCUT2D eigenvalue weighted by molar-refractivity contribution is -0.124. The first kappa shape index (κ1) is 17.0. The summed E-state index contributed by atoms with van der Waals surface area (Å²) in [7, 11) is 0. The molecule has 2 N–H and O–H groups in total. The molecule has 0 aliphatic heterocycles. The van der Waals surface area contributed by atoms with E-state index in [0.29, 0.717) is 11.3 Å². The fourth-order valence-electron chi connectivity index (χ4n) is 2.11. The Bertz CT molecular complexity index is 640. The van der Waals surface area contributed by atoms with Crippen LogP contribution in [0.5, 0.6) is 5.75 Å². The van der Waals surface area contributed by atoms with Gasteiger partial charge in [0.05, 0.1) is 12.1 Å². The molecule has 2 rings (SSSR count). The number of ether oxygens (including phenoxy) is 1. The first-order chi connectivity index (χ1) is 11.0. The van der Waals surface area contributed by atoms with E-state index in [9.17, 15) is 14.3 Å². The number of rotatable bonds is 6. The van der Waals surface area contributed by atoms with Crippen LogP contribution in [0.1, 0.15) is 24.2 Å². The third kappa shape index (κ3) is 5.07. The number of nitrogens with one attached hydrogen (secondary N) is 1. The highest BCUT2D eigenvalue weighted by atomic mass is 19.1. The Hall–Kier alpha value is -2.40. The number of aliphatic hydroxyl groups is 1. The van der Waals surface area contributed by atoms with E-state index in [2.05, 4.69) is 5.32 Å². The Morgan fingerprint density at radius 1 is 1.17 bits per heavy atom. The van der Waals surface area contributed by atoms with Gasteiger partial charge in [-0.25, -0.2) is 4.39 Å². The lowest BCUT2D eigenvalue weighted by Crippen LogP contribution is -2.39. The SMILES string of the molecule is Cc1ccc(OCC(=O)NC(C)C(O)c2ccc(F)cc2)cc1. The molecule has 0 radical (unpaired) electrons. The largest absolute Gasteiger partial charge is 0.484 e. The van der Waals surface area contributed by atoms with Gasteiger partial charge in [-0.2, -0.15) is 0 Å². The van der Waals surface area contributed by atoms with Gasteiger partial charge >= 0.3 is 0 Å². The molecule has 0 saturated heterocycles. The Balaban J connectivity index is 1.84. The van der Waals surface area contributed by atoms with E-state index >= 15 is 0 Å². The molecular formula is C18H20FNO3. The summed E-state index contributed by atoms with van der Waals surface area (Å²) in [6.45, 7) is 3.51. The molecule has 2 atom stereocenters. The first-order valence-electron chi connectivity index (χ1n) is 7.38. The Labute approximate surface area is 134 Å². The summed E-state index contributed by atoms with van der Waals surface area (Å²) in [4.78, 5) is 11.9. The summed E-state index contributed by atoms with van der Waals surface area (Å²) in [6.07, 6.45) is -0.918. The molecule has 0 spiro atoms. The van der Waals surface area contributed by atoms with Crippen LogP contribution in [0.4, 0.5) is 4.39 Å². The molecule has 4 nitrogen and oxygen atoms in total. The summed E-state index contributed by atoms with van der Waals surface area (Å²) in [5.74, 6) is -0.0964. The van der Waals surface area contributed by atoms with E-state index in [4.69, 9.17) is 4.74 Å². The lowest BCUT2D eigenvalue weighted by Gasteiger charge is -2.20. The smallest absolute Gasteiger partial charge is 0.258 e. The van der Waals surface area contributed by atoms with Crippen LogP contribution in [0.15, 0.2) is 48.5 Å². The number of hydrogen-bond acceptors (Lipinski definition) is 3. The van der Waals surface area contributed by atoms with E-state index < -0.39 is 12.1 Å². The molecule has 0 bridgehead atoms. The topological polar surface area (TPSA) is 58.6 Å². The molecule has 2 aromatic carbocycles. The Morgan fingerprint density at radius 2 is 1.78 bits per heavy atom. The molecule has 2 aromatic rings. The number of benzene rings is 2. The van der Waals surface area contributed by atoms with Crippen LogP contribution < -0.4 is 10.1 Å². The van der Waals surface area contributed by atoms with Gasteiger partial charge in [0.15, 0.2) is 6.61 Å². The van der Waals surface area contributed by atoms with Crippen molar-refractivity contribution in [1.82, 2.24) is 5.32 Å². The van der Waals surface area contributed by atoms with Gasteiger partial charge in [-0.15, -0.1) is 0 Å². The van der Waals surface area contributed by atoms with Crippen LogP contribution in [0.3, 0.4) is 0 Å². The molecule has 0 saturated carbocycles. The maximum atomic E-state index is 12.9. The quantitative estimate of drug-likeness (QED) is 0.861. The molecule has 122 valence electrons. The van der Waals surface area contributed by atoms with E-state index in [1.807, 2.05) is 19.1 Å². The average Bonchev–Trinajstić information content (AvgIpc) is 2.54. The zero-order chi connectivity index (χ0) is 16.8. The molecule has 1 amide bonds. The molecule has 2 unspecified atom stereocenters. The molecule has 5 heteroatoms. The molecule has 0 fully saturated rings. The predicted molar refractivity (Wildman–Crippen MR) is 85.6 cm³/mol. The van der Waals surface area contributed by atoms with Crippen LogP contribution in [-0.2, 0) is 4.79 Å². The van der Waals surface area contributed by atoms with Crippen molar-refractivity contribution in [2.75, 3.05) is 6.61 Å². The van der Waals surface area contributed by atoms with Crippen LogP contribution >= 0.6 is 0 Å². The Morgan fingerprint density at radius 3 is 2.39 bits per heavy atom. The van der Waals surface area contributed by atoms with Crippen LogP contribution in [0, 0.1) is 12.7 Å². The maximum Gasteiger partial charge on any atom is 0.258 e.